The fraction of sp³-hybridized carbons (Fsp3) is 0.375. The molecule has 0 radical (unpaired) electrons. The van der Waals surface area contributed by atoms with Crippen LogP contribution in [0.25, 0.3) is 0 Å². The van der Waals surface area contributed by atoms with Gasteiger partial charge in [0.05, 0.1) is 11.1 Å². The Hall–Kier alpha value is -1.98. The molecular formula is C16H16F3N3O3S2. The summed E-state index contributed by atoms with van der Waals surface area (Å²) in [5.74, 6) is -0.158. The number of carbonyl (C=O) groups is 1. The molecule has 6 nitrogen and oxygen atoms in total. The number of sulfonamides is 1. The fourth-order valence-electron chi connectivity index (χ4n) is 2.67. The van der Waals surface area contributed by atoms with E-state index in [2.05, 4.69) is 4.98 Å². The minimum Gasteiger partial charge on any atom is -0.345 e. The summed E-state index contributed by atoms with van der Waals surface area (Å²) >= 11 is 0.546. The number of piperazine rings is 1. The van der Waals surface area contributed by atoms with Crippen LogP contribution in [0.5, 0.6) is 0 Å². The van der Waals surface area contributed by atoms with E-state index < -0.39 is 21.1 Å². The van der Waals surface area contributed by atoms with Gasteiger partial charge in [0.25, 0.3) is 0 Å². The number of hydrogen-bond acceptors (Lipinski definition) is 6. The minimum atomic E-state index is -4.44. The summed E-state index contributed by atoms with van der Waals surface area (Å²) in [5.41, 5.74) is 0.419. The second kappa shape index (κ2) is 7.21. The Labute approximate surface area is 158 Å². The summed E-state index contributed by atoms with van der Waals surface area (Å²) in [7, 11) is -3.73. The Morgan fingerprint density at radius 2 is 1.70 bits per heavy atom. The second-order valence-corrected chi connectivity index (χ2v) is 8.92. The highest BCUT2D eigenvalue weighted by molar-refractivity contribution is 7.89. The summed E-state index contributed by atoms with van der Waals surface area (Å²) in [6, 6.07) is 5.68. The Kier molecular flexibility index (Phi) is 5.28. The first-order chi connectivity index (χ1) is 12.6. The van der Waals surface area contributed by atoms with Crippen LogP contribution in [0.15, 0.2) is 35.4 Å². The Morgan fingerprint density at radius 1 is 1.11 bits per heavy atom. The lowest BCUT2D eigenvalue weighted by molar-refractivity contribution is -0.134. The van der Waals surface area contributed by atoms with Gasteiger partial charge in [-0.05, 0) is 19.1 Å². The number of nitrogens with zero attached hydrogens (tertiary/aromatic N) is 3. The van der Waals surface area contributed by atoms with E-state index in [1.54, 1.807) is 4.90 Å². The number of Topliss-reactive ketones (excluding diaryl/α,β-unsaturated/α-hetero) is 1. The zero-order chi connectivity index (χ0) is 19.8. The third-order valence-electron chi connectivity index (χ3n) is 4.18. The number of alkyl halides is 3. The van der Waals surface area contributed by atoms with Crippen molar-refractivity contribution in [2.45, 2.75) is 18.0 Å². The van der Waals surface area contributed by atoms with Crippen LogP contribution in [0, 0.1) is 0 Å². The highest BCUT2D eigenvalue weighted by atomic mass is 32.2. The standard InChI is InChI=1S/C16H16F3N3O3S2/c1-11(23)12-2-4-13(5-3-12)27(24,25)22-8-6-21(7-9-22)15-20-10-14(26-15)16(17,18)19/h2-5,10H,6-9H2,1H3. The smallest absolute Gasteiger partial charge is 0.345 e. The quantitative estimate of drug-likeness (QED) is 0.713. The normalized spacial score (nSPS) is 16.5. The minimum absolute atomic E-state index is 0.0783. The van der Waals surface area contributed by atoms with Crippen LogP contribution >= 0.6 is 11.3 Å². The summed E-state index contributed by atoms with van der Waals surface area (Å²) in [5, 5.41) is 0.227. The summed E-state index contributed by atoms with van der Waals surface area (Å²) in [4.78, 5) is 16.0. The predicted octanol–water partition coefficient (Wildman–Crippen LogP) is 2.88. The van der Waals surface area contributed by atoms with Gasteiger partial charge >= 0.3 is 6.18 Å². The molecule has 27 heavy (non-hydrogen) atoms. The van der Waals surface area contributed by atoms with E-state index in [4.69, 9.17) is 0 Å². The molecule has 1 saturated heterocycles. The first-order valence-corrected chi connectivity index (χ1v) is 10.2. The number of anilines is 1. The number of carbonyl (C=O) groups excluding carboxylic acids is 1. The molecule has 146 valence electrons. The number of aromatic nitrogens is 1. The van der Waals surface area contributed by atoms with Crippen molar-refractivity contribution >= 4 is 32.3 Å². The van der Waals surface area contributed by atoms with Crippen molar-refractivity contribution in [2.75, 3.05) is 31.1 Å². The van der Waals surface area contributed by atoms with Gasteiger partial charge in [-0.15, -0.1) is 0 Å². The number of halogens is 3. The van der Waals surface area contributed by atoms with Crippen molar-refractivity contribution in [3.8, 4) is 0 Å². The van der Waals surface area contributed by atoms with E-state index >= 15 is 0 Å². The molecule has 0 saturated carbocycles. The van der Waals surface area contributed by atoms with Gasteiger partial charge in [-0.25, -0.2) is 13.4 Å². The van der Waals surface area contributed by atoms with Gasteiger partial charge in [0.1, 0.15) is 4.88 Å². The van der Waals surface area contributed by atoms with E-state index in [1.165, 1.54) is 35.5 Å². The zero-order valence-corrected chi connectivity index (χ0v) is 15.9. The van der Waals surface area contributed by atoms with E-state index in [0.29, 0.717) is 16.9 Å². The molecule has 0 unspecified atom stereocenters. The van der Waals surface area contributed by atoms with Gasteiger partial charge in [-0.1, -0.05) is 23.5 Å². The summed E-state index contributed by atoms with van der Waals surface area (Å²) in [6.07, 6.45) is -3.65. The molecule has 1 aromatic heterocycles. The highest BCUT2D eigenvalue weighted by Crippen LogP contribution is 2.36. The molecule has 0 aliphatic carbocycles. The van der Waals surface area contributed by atoms with Gasteiger partial charge in [0.15, 0.2) is 10.9 Å². The first-order valence-electron chi connectivity index (χ1n) is 7.98. The maximum absolute atomic E-state index is 12.7. The van der Waals surface area contributed by atoms with Crippen LogP contribution in [-0.2, 0) is 16.2 Å². The Bertz CT molecular complexity index is 932. The van der Waals surface area contributed by atoms with Crippen LogP contribution in [0.3, 0.4) is 0 Å². The molecule has 0 amide bonds. The van der Waals surface area contributed by atoms with Gasteiger partial charge in [-0.3, -0.25) is 4.79 Å². The lowest BCUT2D eigenvalue weighted by Crippen LogP contribution is -2.48. The number of rotatable bonds is 4. The monoisotopic (exact) mass is 419 g/mol. The van der Waals surface area contributed by atoms with Crippen LogP contribution in [-0.4, -0.2) is 49.7 Å². The van der Waals surface area contributed by atoms with Crippen molar-refractivity contribution < 1.29 is 26.4 Å². The topological polar surface area (TPSA) is 70.6 Å². The van der Waals surface area contributed by atoms with E-state index in [1.807, 2.05) is 0 Å². The van der Waals surface area contributed by atoms with E-state index in [-0.39, 0.29) is 42.0 Å². The fourth-order valence-corrected chi connectivity index (χ4v) is 4.93. The largest absolute Gasteiger partial charge is 0.427 e. The van der Waals surface area contributed by atoms with Crippen molar-refractivity contribution in [1.29, 1.82) is 0 Å². The molecule has 1 fully saturated rings. The second-order valence-electron chi connectivity index (χ2n) is 5.98. The lowest BCUT2D eigenvalue weighted by atomic mass is 10.2. The van der Waals surface area contributed by atoms with Gasteiger partial charge in [-0.2, -0.15) is 17.5 Å². The summed E-state index contributed by atoms with van der Waals surface area (Å²) in [6.45, 7) is 2.16. The molecule has 0 atom stereocenters. The number of ketones is 1. The van der Waals surface area contributed by atoms with Crippen molar-refractivity contribution in [3.05, 3.63) is 40.9 Å². The van der Waals surface area contributed by atoms with Crippen LogP contribution in [0.1, 0.15) is 22.2 Å². The van der Waals surface area contributed by atoms with Gasteiger partial charge < -0.3 is 4.90 Å². The maximum Gasteiger partial charge on any atom is 0.427 e. The van der Waals surface area contributed by atoms with E-state index in [9.17, 15) is 26.4 Å². The van der Waals surface area contributed by atoms with Crippen molar-refractivity contribution in [2.24, 2.45) is 0 Å². The van der Waals surface area contributed by atoms with Crippen molar-refractivity contribution in [3.63, 3.8) is 0 Å². The third kappa shape index (κ3) is 4.14. The number of hydrogen-bond donors (Lipinski definition) is 0. The zero-order valence-electron chi connectivity index (χ0n) is 14.2. The molecule has 3 rings (SSSR count). The van der Waals surface area contributed by atoms with Crippen LogP contribution in [0.4, 0.5) is 18.3 Å². The molecule has 1 aliphatic rings. The molecule has 2 heterocycles. The molecule has 0 N–H and O–H groups in total. The van der Waals surface area contributed by atoms with Gasteiger partial charge in [0, 0.05) is 31.7 Å². The lowest BCUT2D eigenvalue weighted by Gasteiger charge is -2.33. The average Bonchev–Trinajstić information content (AvgIpc) is 3.12. The molecular weight excluding hydrogens is 403 g/mol. The number of benzene rings is 1. The van der Waals surface area contributed by atoms with Crippen LogP contribution in [0.2, 0.25) is 0 Å². The maximum atomic E-state index is 12.7. The molecule has 0 spiro atoms. The Balaban J connectivity index is 1.69. The highest BCUT2D eigenvalue weighted by Gasteiger charge is 2.35. The van der Waals surface area contributed by atoms with Gasteiger partial charge in [0.2, 0.25) is 10.0 Å². The Morgan fingerprint density at radius 3 is 2.19 bits per heavy atom. The molecule has 0 bridgehead atoms. The first kappa shape index (κ1) is 19.8. The molecule has 2 aromatic rings. The summed E-state index contributed by atoms with van der Waals surface area (Å²) < 4.78 is 64.8. The third-order valence-corrected chi connectivity index (χ3v) is 7.20. The number of thiazole rings is 1. The predicted molar refractivity (Wildman–Crippen MR) is 94.5 cm³/mol. The molecule has 1 aliphatic heterocycles. The van der Waals surface area contributed by atoms with E-state index in [0.717, 1.165) is 6.20 Å². The average molecular weight is 419 g/mol. The molecule has 1 aromatic carbocycles. The molecule has 11 heteroatoms. The van der Waals surface area contributed by atoms with Crippen molar-refractivity contribution in [1.82, 2.24) is 9.29 Å². The SMILES string of the molecule is CC(=O)c1ccc(S(=O)(=O)N2CCN(c3ncc(C(F)(F)F)s3)CC2)cc1. The van der Waals surface area contributed by atoms with Crippen LogP contribution < -0.4 is 4.90 Å².